The molecule has 3 N–H and O–H groups in total. The highest BCUT2D eigenvalue weighted by Crippen LogP contribution is 2.46. The minimum atomic E-state index is -3.02. The van der Waals surface area contributed by atoms with Crippen LogP contribution in [0.5, 0.6) is 0 Å². The smallest absolute Gasteiger partial charge is 0.241 e. The van der Waals surface area contributed by atoms with Crippen LogP contribution in [0.4, 0.5) is 0 Å². The number of hydrogen-bond acceptors (Lipinski definition) is 4. The third kappa shape index (κ3) is 4.05. The van der Waals surface area contributed by atoms with E-state index in [2.05, 4.69) is 5.32 Å². The largest absolute Gasteiger partial charge is 0.354 e. The van der Waals surface area contributed by atoms with E-state index in [1.54, 1.807) is 12.1 Å². The van der Waals surface area contributed by atoms with Crippen LogP contribution in [0.3, 0.4) is 0 Å². The number of carbonyl (C=O) groups excluding carboxylic acids is 1. The Morgan fingerprint density at radius 3 is 2.45 bits per heavy atom. The van der Waals surface area contributed by atoms with Crippen LogP contribution in [0.15, 0.2) is 30.3 Å². The Balaban J connectivity index is 1.90. The zero-order chi connectivity index (χ0) is 14.8. The summed E-state index contributed by atoms with van der Waals surface area (Å²) >= 11 is 0. The molecule has 5 nitrogen and oxygen atoms in total. The van der Waals surface area contributed by atoms with E-state index in [4.69, 9.17) is 5.73 Å². The summed E-state index contributed by atoms with van der Waals surface area (Å²) in [4.78, 5) is 12.0. The number of nitrogens with one attached hydrogen (secondary N) is 1. The molecule has 1 aliphatic rings. The predicted octanol–water partition coefficient (Wildman–Crippen LogP) is 0.627. The Morgan fingerprint density at radius 1 is 1.35 bits per heavy atom. The standard InChI is InChI=1S/C14H20N2O3S/c1-20(18,19)10-14(7-8-14)9-16-13(17)12(15)11-5-3-2-4-6-11/h2-6,12H,7-10,15H2,1H3,(H,16,17). The molecule has 0 spiro atoms. The van der Waals surface area contributed by atoms with Crippen LogP contribution in [0.25, 0.3) is 0 Å². The molecule has 2 rings (SSSR count). The van der Waals surface area contributed by atoms with Crippen molar-refractivity contribution in [1.29, 1.82) is 0 Å². The van der Waals surface area contributed by atoms with Gasteiger partial charge in [-0.15, -0.1) is 0 Å². The first-order valence-corrected chi connectivity index (χ1v) is 8.63. The van der Waals surface area contributed by atoms with Gasteiger partial charge in [-0.25, -0.2) is 8.42 Å². The van der Waals surface area contributed by atoms with Gasteiger partial charge in [0, 0.05) is 18.2 Å². The van der Waals surface area contributed by atoms with Crippen LogP contribution < -0.4 is 11.1 Å². The van der Waals surface area contributed by atoms with Crippen LogP contribution in [-0.4, -0.2) is 32.9 Å². The Morgan fingerprint density at radius 2 is 1.95 bits per heavy atom. The zero-order valence-corrected chi connectivity index (χ0v) is 12.3. The Labute approximate surface area is 119 Å². The molecule has 1 atom stereocenters. The third-order valence-electron chi connectivity index (χ3n) is 3.60. The van der Waals surface area contributed by atoms with Gasteiger partial charge in [-0.05, 0) is 18.4 Å². The lowest BCUT2D eigenvalue weighted by molar-refractivity contribution is -0.122. The van der Waals surface area contributed by atoms with Gasteiger partial charge in [0.15, 0.2) is 0 Å². The summed E-state index contributed by atoms with van der Waals surface area (Å²) in [5, 5.41) is 2.78. The van der Waals surface area contributed by atoms with E-state index in [0.717, 1.165) is 18.4 Å². The summed E-state index contributed by atoms with van der Waals surface area (Å²) in [6.45, 7) is 0.374. The fourth-order valence-corrected chi connectivity index (χ4v) is 3.80. The SMILES string of the molecule is CS(=O)(=O)CC1(CNC(=O)C(N)c2ccccc2)CC1. The number of benzene rings is 1. The van der Waals surface area contributed by atoms with E-state index < -0.39 is 15.9 Å². The summed E-state index contributed by atoms with van der Waals surface area (Å²) in [6.07, 6.45) is 2.90. The van der Waals surface area contributed by atoms with E-state index >= 15 is 0 Å². The predicted molar refractivity (Wildman–Crippen MR) is 77.8 cm³/mol. The van der Waals surface area contributed by atoms with Crippen molar-refractivity contribution in [2.45, 2.75) is 18.9 Å². The van der Waals surface area contributed by atoms with Crippen LogP contribution in [-0.2, 0) is 14.6 Å². The molecular weight excluding hydrogens is 276 g/mol. The highest BCUT2D eigenvalue weighted by Gasteiger charge is 2.45. The van der Waals surface area contributed by atoms with Crippen molar-refractivity contribution in [2.24, 2.45) is 11.1 Å². The fourth-order valence-electron chi connectivity index (χ4n) is 2.30. The molecule has 1 unspecified atom stereocenters. The molecule has 1 aromatic carbocycles. The van der Waals surface area contributed by atoms with Gasteiger partial charge in [0.2, 0.25) is 5.91 Å². The second kappa shape index (κ2) is 5.54. The zero-order valence-electron chi connectivity index (χ0n) is 11.5. The molecule has 0 aromatic heterocycles. The Kier molecular flexibility index (Phi) is 4.15. The summed E-state index contributed by atoms with van der Waals surface area (Å²) in [5.41, 5.74) is 6.36. The van der Waals surface area contributed by atoms with Gasteiger partial charge in [0.1, 0.15) is 15.9 Å². The summed E-state index contributed by atoms with van der Waals surface area (Å²) in [6, 6.07) is 8.40. The third-order valence-corrected chi connectivity index (χ3v) is 4.74. The molecule has 1 amide bonds. The monoisotopic (exact) mass is 296 g/mol. The molecule has 0 radical (unpaired) electrons. The molecule has 0 heterocycles. The van der Waals surface area contributed by atoms with Gasteiger partial charge >= 0.3 is 0 Å². The lowest BCUT2D eigenvalue weighted by Crippen LogP contribution is -2.39. The molecule has 1 aliphatic carbocycles. The molecule has 1 fully saturated rings. The van der Waals surface area contributed by atoms with E-state index in [-0.39, 0.29) is 17.1 Å². The number of sulfone groups is 1. The van der Waals surface area contributed by atoms with Crippen molar-refractivity contribution < 1.29 is 13.2 Å². The van der Waals surface area contributed by atoms with Crippen molar-refractivity contribution >= 4 is 15.7 Å². The van der Waals surface area contributed by atoms with Crippen molar-refractivity contribution in [2.75, 3.05) is 18.6 Å². The molecular formula is C14H20N2O3S. The lowest BCUT2D eigenvalue weighted by Gasteiger charge is -2.17. The van der Waals surface area contributed by atoms with Gasteiger partial charge in [-0.1, -0.05) is 30.3 Å². The van der Waals surface area contributed by atoms with Crippen LogP contribution in [0.1, 0.15) is 24.4 Å². The van der Waals surface area contributed by atoms with Crippen molar-refractivity contribution in [3.05, 3.63) is 35.9 Å². The van der Waals surface area contributed by atoms with E-state index in [9.17, 15) is 13.2 Å². The van der Waals surface area contributed by atoms with Gasteiger partial charge in [0.05, 0.1) is 5.75 Å². The molecule has 6 heteroatoms. The van der Waals surface area contributed by atoms with Crippen LogP contribution in [0, 0.1) is 5.41 Å². The Bertz CT molecular complexity index is 580. The van der Waals surface area contributed by atoms with Crippen LogP contribution >= 0.6 is 0 Å². The van der Waals surface area contributed by atoms with Gasteiger partial charge < -0.3 is 11.1 Å². The van der Waals surface area contributed by atoms with E-state index in [1.807, 2.05) is 18.2 Å². The number of nitrogens with two attached hydrogens (primary N) is 1. The van der Waals surface area contributed by atoms with Gasteiger partial charge in [-0.3, -0.25) is 4.79 Å². The van der Waals surface area contributed by atoms with E-state index in [0.29, 0.717) is 6.54 Å². The normalized spacial score (nSPS) is 18.3. The Hall–Kier alpha value is -1.40. The molecule has 110 valence electrons. The fraction of sp³-hybridized carbons (Fsp3) is 0.500. The highest BCUT2D eigenvalue weighted by molar-refractivity contribution is 7.90. The molecule has 1 aromatic rings. The quantitative estimate of drug-likeness (QED) is 0.805. The number of amides is 1. The average Bonchev–Trinajstić information content (AvgIpc) is 3.14. The first-order chi connectivity index (χ1) is 9.31. The molecule has 1 saturated carbocycles. The van der Waals surface area contributed by atoms with Crippen molar-refractivity contribution in [3.8, 4) is 0 Å². The molecule has 0 bridgehead atoms. The minimum absolute atomic E-state index is 0.126. The molecule has 20 heavy (non-hydrogen) atoms. The topological polar surface area (TPSA) is 89.3 Å². The van der Waals surface area contributed by atoms with Gasteiger partial charge in [-0.2, -0.15) is 0 Å². The summed E-state index contributed by atoms with van der Waals surface area (Å²) in [5.74, 6) is -0.142. The minimum Gasteiger partial charge on any atom is -0.354 e. The maximum absolute atomic E-state index is 12.0. The number of carbonyl (C=O) groups is 1. The van der Waals surface area contributed by atoms with Crippen molar-refractivity contribution in [3.63, 3.8) is 0 Å². The van der Waals surface area contributed by atoms with Crippen LogP contribution in [0.2, 0.25) is 0 Å². The maximum Gasteiger partial charge on any atom is 0.241 e. The first kappa shape index (κ1) is 15.0. The molecule has 0 saturated heterocycles. The van der Waals surface area contributed by atoms with Crippen molar-refractivity contribution in [1.82, 2.24) is 5.32 Å². The summed E-state index contributed by atoms with van der Waals surface area (Å²) < 4.78 is 22.7. The second-order valence-corrected chi connectivity index (χ2v) is 7.82. The second-order valence-electron chi connectivity index (χ2n) is 5.68. The molecule has 0 aliphatic heterocycles. The number of hydrogen-bond donors (Lipinski definition) is 2. The first-order valence-electron chi connectivity index (χ1n) is 6.57. The van der Waals surface area contributed by atoms with Gasteiger partial charge in [0.25, 0.3) is 0 Å². The lowest BCUT2D eigenvalue weighted by atomic mass is 10.1. The summed E-state index contributed by atoms with van der Waals surface area (Å²) in [7, 11) is -3.02. The maximum atomic E-state index is 12.0. The van der Waals surface area contributed by atoms with E-state index in [1.165, 1.54) is 6.26 Å². The average molecular weight is 296 g/mol. The number of rotatable bonds is 6. The highest BCUT2D eigenvalue weighted by atomic mass is 32.2.